The zero-order valence-electron chi connectivity index (χ0n) is 34.8. The highest BCUT2D eigenvalue weighted by Gasteiger charge is 2.62. The van der Waals surface area contributed by atoms with Crippen molar-refractivity contribution in [2.75, 3.05) is 44.9 Å². The molecule has 1 aromatic carbocycles. The topological polar surface area (TPSA) is 197 Å². The predicted octanol–water partition coefficient (Wildman–Crippen LogP) is 4.07. The lowest BCUT2D eigenvalue weighted by molar-refractivity contribution is -0.146. The van der Waals surface area contributed by atoms with Crippen LogP contribution in [-0.2, 0) is 29.1 Å². The highest BCUT2D eigenvalue weighted by Crippen LogP contribution is 2.46. The maximum atomic E-state index is 15.2. The largest absolute Gasteiger partial charge is 0.497 e. The molecule has 5 aliphatic rings. The highest BCUT2D eigenvalue weighted by atomic mass is 32.2. The Labute approximate surface area is 346 Å². The minimum absolute atomic E-state index is 0.00263. The third-order valence-electron chi connectivity index (χ3n) is 12.4. The molecule has 7 atom stereocenters. The van der Waals surface area contributed by atoms with Crippen molar-refractivity contribution in [3.8, 4) is 11.6 Å². The van der Waals surface area contributed by atoms with Crippen LogP contribution in [0.4, 0.5) is 10.6 Å². The van der Waals surface area contributed by atoms with Gasteiger partial charge in [0.2, 0.25) is 27.7 Å². The average Bonchev–Trinajstić information content (AvgIpc) is 4.11. The van der Waals surface area contributed by atoms with Crippen molar-refractivity contribution in [1.29, 1.82) is 0 Å². The van der Waals surface area contributed by atoms with Crippen LogP contribution in [0.2, 0.25) is 0 Å². The van der Waals surface area contributed by atoms with E-state index in [0.29, 0.717) is 74.8 Å². The number of methoxy groups -OCH3 is 1. The van der Waals surface area contributed by atoms with E-state index in [0.717, 1.165) is 11.8 Å². The number of rotatable bonds is 8. The van der Waals surface area contributed by atoms with E-state index in [9.17, 15) is 27.9 Å². The van der Waals surface area contributed by atoms with Gasteiger partial charge in [0.15, 0.2) is 0 Å². The molecule has 16 nitrogen and oxygen atoms in total. The molecule has 17 heteroatoms. The molecule has 3 N–H and O–H groups in total. The quantitative estimate of drug-likeness (QED) is 0.323. The number of morpholine rings is 1. The fourth-order valence-corrected chi connectivity index (χ4v) is 10.3. The van der Waals surface area contributed by atoms with Crippen LogP contribution in [-0.4, -0.2) is 127 Å². The van der Waals surface area contributed by atoms with Crippen LogP contribution < -0.4 is 24.4 Å². The number of ether oxygens (including phenoxy) is 3. The Kier molecular flexibility index (Phi) is 11.8. The Bertz CT molecular complexity index is 2100. The first-order valence-electron chi connectivity index (χ1n) is 20.8. The van der Waals surface area contributed by atoms with E-state index in [4.69, 9.17) is 19.2 Å². The maximum Gasteiger partial charge on any atom is 0.408 e. The van der Waals surface area contributed by atoms with Gasteiger partial charge in [-0.15, -0.1) is 0 Å². The molecule has 0 bridgehead atoms. The van der Waals surface area contributed by atoms with Gasteiger partial charge in [0.25, 0.3) is 5.91 Å². The molecule has 3 aliphatic heterocycles. The second-order valence-electron chi connectivity index (χ2n) is 18.0. The summed E-state index contributed by atoms with van der Waals surface area (Å²) in [6.07, 6.45) is 4.79. The highest BCUT2D eigenvalue weighted by molar-refractivity contribution is 7.91. The van der Waals surface area contributed by atoms with Crippen LogP contribution in [0.25, 0.3) is 10.8 Å². The molecule has 1 aromatic heterocycles. The molecular formula is C42H58N6O10S. The molecule has 2 saturated carbocycles. The number of allylic oxidation sites excluding steroid dienone is 1. The molecule has 2 saturated heterocycles. The normalized spacial score (nSPS) is 29.9. The van der Waals surface area contributed by atoms with E-state index in [1.807, 2.05) is 37.3 Å². The standard InChI is InChI=1S/C42H58N6O10S/c1-25-9-7-8-10-28-23-42(28,39(51)45-59(54,55)31-12-13-31)44-36(49)33-22-30(24-47(33)38(50)35(26(2)19-25)48(40(52)53)41(3,4)5)58-37-32-14-11-29(56-6)20-27(32)21-34(43-37)46-15-17-57-18-16-46/h8,10-11,14,20-21,25-26,28,30-31,33,35H,7,9,12-13,15-19,22-24H2,1-6H3,(H,44,49)(H,45,51)(H,52,53)/b10-8-/t25-,26+,28+,30+,33-,35-,42+/m0/s1. The number of nitrogens with one attached hydrogen (secondary N) is 2. The summed E-state index contributed by atoms with van der Waals surface area (Å²) in [6.45, 7) is 11.4. The summed E-state index contributed by atoms with van der Waals surface area (Å²) in [4.78, 5) is 66.6. The van der Waals surface area contributed by atoms with Crippen LogP contribution in [0.15, 0.2) is 36.4 Å². The number of fused-ring (bicyclic) bond motifs is 3. The number of nitrogens with zero attached hydrogens (tertiary/aromatic N) is 4. The van der Waals surface area contributed by atoms with Crippen molar-refractivity contribution in [1.82, 2.24) is 24.8 Å². The number of carbonyl (C=O) groups is 4. The van der Waals surface area contributed by atoms with Crippen LogP contribution >= 0.6 is 0 Å². The Balaban J connectivity index is 1.28. The van der Waals surface area contributed by atoms with E-state index in [1.54, 1.807) is 33.9 Å². The zero-order valence-corrected chi connectivity index (χ0v) is 35.6. The fourth-order valence-electron chi connectivity index (χ4n) is 8.99. The third-order valence-corrected chi connectivity index (χ3v) is 14.2. The molecule has 7 rings (SSSR count). The monoisotopic (exact) mass is 838 g/mol. The summed E-state index contributed by atoms with van der Waals surface area (Å²) in [6, 6.07) is 5.14. The molecule has 0 unspecified atom stereocenters. The molecule has 2 aromatic rings. The SMILES string of the molecule is COc1ccc2c(O[C@@H]3C[C@H]4C(=O)N[C@]5(C(=O)NS(=O)(=O)C6CC6)C[C@H]5/C=C\CC[C@H](C)C[C@@H](C)[C@H](N(C(=O)O)C(C)(C)C)C(=O)N4C3)nc(N3CCOCC3)cc2c1. The van der Waals surface area contributed by atoms with Crippen molar-refractivity contribution < 1.29 is 46.9 Å². The number of sulfonamides is 1. The van der Waals surface area contributed by atoms with E-state index >= 15 is 4.79 Å². The van der Waals surface area contributed by atoms with Crippen LogP contribution in [0.3, 0.4) is 0 Å². The van der Waals surface area contributed by atoms with Gasteiger partial charge in [-0.25, -0.2) is 13.2 Å². The first kappa shape index (κ1) is 42.5. The number of aromatic nitrogens is 1. The lowest BCUT2D eigenvalue weighted by atomic mass is 9.85. The second-order valence-corrected chi connectivity index (χ2v) is 20.0. The smallest absolute Gasteiger partial charge is 0.408 e. The summed E-state index contributed by atoms with van der Waals surface area (Å²) in [7, 11) is -2.35. The van der Waals surface area contributed by atoms with Crippen LogP contribution in [0.1, 0.15) is 79.6 Å². The van der Waals surface area contributed by atoms with Gasteiger partial charge in [-0.1, -0.05) is 26.0 Å². The lowest BCUT2D eigenvalue weighted by Crippen LogP contribution is -2.62. The average molecular weight is 839 g/mol. The number of carboxylic acid groups (broad SMARTS) is 1. The Morgan fingerprint density at radius 1 is 1.08 bits per heavy atom. The van der Waals surface area contributed by atoms with Gasteiger partial charge >= 0.3 is 6.09 Å². The van der Waals surface area contributed by atoms with E-state index in [-0.39, 0.29) is 25.3 Å². The summed E-state index contributed by atoms with van der Waals surface area (Å²) in [5, 5.41) is 14.4. The number of hydrogen-bond acceptors (Lipinski definition) is 11. The Morgan fingerprint density at radius 3 is 2.47 bits per heavy atom. The van der Waals surface area contributed by atoms with Crippen molar-refractivity contribution in [3.63, 3.8) is 0 Å². The summed E-state index contributed by atoms with van der Waals surface area (Å²) in [5.74, 6) is -1.22. The van der Waals surface area contributed by atoms with E-state index in [1.165, 1.54) is 9.80 Å². The first-order chi connectivity index (χ1) is 27.9. The van der Waals surface area contributed by atoms with Gasteiger partial charge in [0, 0.05) is 36.4 Å². The molecule has 2 aliphatic carbocycles. The van der Waals surface area contributed by atoms with Gasteiger partial charge in [0.05, 0.1) is 32.1 Å². The Hall–Kier alpha value is -4.64. The van der Waals surface area contributed by atoms with Gasteiger partial charge < -0.3 is 34.4 Å². The molecule has 322 valence electrons. The van der Waals surface area contributed by atoms with Crippen LogP contribution in [0, 0.1) is 17.8 Å². The maximum absolute atomic E-state index is 15.2. The number of amides is 4. The molecule has 4 fully saturated rings. The van der Waals surface area contributed by atoms with Gasteiger partial charge in [-0.3, -0.25) is 24.0 Å². The summed E-state index contributed by atoms with van der Waals surface area (Å²) < 4.78 is 46.0. The van der Waals surface area contributed by atoms with Gasteiger partial charge in [0.1, 0.15) is 35.3 Å². The summed E-state index contributed by atoms with van der Waals surface area (Å²) >= 11 is 0. The fraction of sp³-hybridized carbons (Fsp3) is 0.643. The van der Waals surface area contributed by atoms with Gasteiger partial charge in [-0.05, 0) is 101 Å². The van der Waals surface area contributed by atoms with E-state index < -0.39 is 80.2 Å². The molecule has 0 radical (unpaired) electrons. The van der Waals surface area contributed by atoms with Crippen molar-refractivity contribution in [2.24, 2.45) is 17.8 Å². The number of anilines is 1. The number of hydrogen-bond donors (Lipinski definition) is 3. The third kappa shape index (κ3) is 8.96. The van der Waals surface area contributed by atoms with E-state index in [2.05, 4.69) is 21.9 Å². The zero-order chi connectivity index (χ0) is 42.4. The van der Waals surface area contributed by atoms with Crippen molar-refractivity contribution in [3.05, 3.63) is 36.4 Å². The van der Waals surface area contributed by atoms with Crippen LogP contribution in [0.5, 0.6) is 11.6 Å². The number of benzene rings is 1. The number of pyridine rings is 1. The minimum Gasteiger partial charge on any atom is -0.497 e. The second kappa shape index (κ2) is 16.4. The molecule has 0 spiro atoms. The van der Waals surface area contributed by atoms with Crippen molar-refractivity contribution >= 4 is 50.4 Å². The Morgan fingerprint density at radius 2 is 1.81 bits per heavy atom. The molecule has 4 heterocycles. The lowest BCUT2D eigenvalue weighted by Gasteiger charge is -2.43. The summed E-state index contributed by atoms with van der Waals surface area (Å²) in [5.41, 5.74) is -2.54. The van der Waals surface area contributed by atoms with Gasteiger partial charge in [-0.2, -0.15) is 4.98 Å². The molecule has 4 amide bonds. The first-order valence-corrected chi connectivity index (χ1v) is 22.3. The molecular weight excluding hydrogens is 781 g/mol. The predicted molar refractivity (Wildman–Crippen MR) is 220 cm³/mol. The molecule has 59 heavy (non-hydrogen) atoms. The van der Waals surface area contributed by atoms with Crippen molar-refractivity contribution in [2.45, 2.75) is 114 Å². The minimum atomic E-state index is -3.93. The number of carbonyl (C=O) groups excluding carboxylic acids is 3.